The molecule has 6 nitrogen and oxygen atoms in total. The topological polar surface area (TPSA) is 104 Å². The molecule has 0 bridgehead atoms. The van der Waals surface area contributed by atoms with Crippen molar-refractivity contribution >= 4 is 16.0 Å². The Morgan fingerprint density at radius 2 is 2.09 bits per heavy atom. The zero-order chi connectivity index (χ0) is 9.07. The molecule has 11 heavy (non-hydrogen) atoms. The number of aliphatic hydroxyl groups excluding tert-OH is 1. The molecule has 1 unspecified atom stereocenters. The van der Waals surface area contributed by atoms with Gasteiger partial charge in [-0.2, -0.15) is 0 Å². The van der Waals surface area contributed by atoms with Crippen molar-refractivity contribution in [1.82, 2.24) is 4.72 Å². The normalized spacial score (nSPS) is 14.4. The van der Waals surface area contributed by atoms with E-state index in [1.165, 1.54) is 0 Å². The van der Waals surface area contributed by atoms with E-state index >= 15 is 0 Å². The first-order valence-electron chi connectivity index (χ1n) is 2.68. The van der Waals surface area contributed by atoms with Crippen LogP contribution in [0.3, 0.4) is 0 Å². The van der Waals surface area contributed by atoms with Gasteiger partial charge in [-0.1, -0.05) is 0 Å². The number of hydrogen-bond donors (Lipinski definition) is 3. The van der Waals surface area contributed by atoms with Crippen molar-refractivity contribution in [1.29, 1.82) is 0 Å². The molecule has 0 saturated heterocycles. The number of carbonyl (C=O) groups is 1. The Labute approximate surface area is 63.9 Å². The van der Waals surface area contributed by atoms with Gasteiger partial charge in [0.15, 0.2) is 6.10 Å². The Balaban J connectivity index is 3.82. The minimum absolute atomic E-state index is 0.506. The van der Waals surface area contributed by atoms with Gasteiger partial charge < -0.3 is 10.2 Å². The highest BCUT2D eigenvalue weighted by Gasteiger charge is 2.14. The van der Waals surface area contributed by atoms with Gasteiger partial charge in [0, 0.05) is 6.54 Å². The quantitative estimate of drug-likeness (QED) is 0.467. The second-order valence-electron chi connectivity index (χ2n) is 1.97. The maximum Gasteiger partial charge on any atom is 0.333 e. The number of carboxylic acids is 1. The number of aliphatic hydroxyl groups is 1. The van der Waals surface area contributed by atoms with E-state index in [4.69, 9.17) is 10.2 Å². The lowest BCUT2D eigenvalue weighted by Gasteiger charge is -2.04. The Bertz CT molecular complexity index is 233. The van der Waals surface area contributed by atoms with Crippen molar-refractivity contribution in [2.75, 3.05) is 12.8 Å². The molecular weight excluding hydrogens is 174 g/mol. The molecule has 0 aliphatic carbocycles. The SMILES string of the molecule is CS(=O)(=O)NCC(O)C(=O)O. The number of sulfonamides is 1. The zero-order valence-corrected chi connectivity index (χ0v) is 6.63. The molecule has 0 aliphatic heterocycles. The fourth-order valence-electron chi connectivity index (χ4n) is 0.318. The summed E-state index contributed by atoms with van der Waals surface area (Å²) in [4.78, 5) is 9.93. The highest BCUT2D eigenvalue weighted by atomic mass is 32.2. The molecule has 0 radical (unpaired) electrons. The molecule has 0 spiro atoms. The first kappa shape index (κ1) is 10.3. The first-order chi connectivity index (χ1) is 4.83. The van der Waals surface area contributed by atoms with Crippen LogP contribution >= 0.6 is 0 Å². The summed E-state index contributed by atoms with van der Waals surface area (Å²) >= 11 is 0. The smallest absolute Gasteiger partial charge is 0.333 e. The van der Waals surface area contributed by atoms with Crippen LogP contribution in [0.4, 0.5) is 0 Å². The second kappa shape index (κ2) is 3.65. The van der Waals surface area contributed by atoms with Crippen molar-refractivity contribution in [2.24, 2.45) is 0 Å². The van der Waals surface area contributed by atoms with E-state index < -0.39 is 28.6 Å². The lowest BCUT2D eigenvalue weighted by atomic mass is 10.4. The lowest BCUT2D eigenvalue weighted by molar-refractivity contribution is -0.146. The molecule has 0 rings (SSSR count). The number of nitrogens with one attached hydrogen (secondary N) is 1. The summed E-state index contributed by atoms with van der Waals surface area (Å²) in [6, 6.07) is 0. The number of rotatable bonds is 4. The average molecular weight is 183 g/mol. The van der Waals surface area contributed by atoms with Crippen molar-refractivity contribution < 1.29 is 23.4 Å². The predicted octanol–water partition coefficient (Wildman–Crippen LogP) is -2.02. The van der Waals surface area contributed by atoms with Crippen LogP contribution in [-0.4, -0.2) is 43.5 Å². The van der Waals surface area contributed by atoms with E-state index in [-0.39, 0.29) is 0 Å². The van der Waals surface area contributed by atoms with Crippen LogP contribution in [0.25, 0.3) is 0 Å². The summed E-state index contributed by atoms with van der Waals surface area (Å²) in [5, 5.41) is 16.7. The highest BCUT2D eigenvalue weighted by Crippen LogP contribution is 1.81. The largest absolute Gasteiger partial charge is 0.479 e. The summed E-state index contributed by atoms with van der Waals surface area (Å²) in [5.74, 6) is -1.46. The Hall–Kier alpha value is -0.660. The fourth-order valence-corrected chi connectivity index (χ4v) is 0.778. The van der Waals surface area contributed by atoms with Crippen molar-refractivity contribution in [3.05, 3.63) is 0 Å². The number of carboxylic acid groups (broad SMARTS) is 1. The van der Waals surface area contributed by atoms with Crippen molar-refractivity contribution in [2.45, 2.75) is 6.10 Å². The Morgan fingerprint density at radius 3 is 2.36 bits per heavy atom. The summed E-state index contributed by atoms with van der Waals surface area (Å²) < 4.78 is 22.5. The maximum absolute atomic E-state index is 10.3. The Kier molecular flexibility index (Phi) is 3.43. The lowest BCUT2D eigenvalue weighted by Crippen LogP contribution is -2.35. The molecule has 0 heterocycles. The van der Waals surface area contributed by atoms with Gasteiger partial charge in [0.25, 0.3) is 0 Å². The van der Waals surface area contributed by atoms with Crippen LogP contribution in [-0.2, 0) is 14.8 Å². The molecule has 0 fully saturated rings. The first-order valence-corrected chi connectivity index (χ1v) is 4.57. The summed E-state index contributed by atoms with van der Waals surface area (Å²) in [6.45, 7) is -0.506. The molecule has 0 saturated carbocycles. The van der Waals surface area contributed by atoms with Gasteiger partial charge in [0.2, 0.25) is 10.0 Å². The third-order valence-corrected chi connectivity index (χ3v) is 1.51. The Morgan fingerprint density at radius 1 is 1.64 bits per heavy atom. The number of hydrogen-bond acceptors (Lipinski definition) is 4. The van der Waals surface area contributed by atoms with Crippen molar-refractivity contribution in [3.8, 4) is 0 Å². The second-order valence-corrected chi connectivity index (χ2v) is 3.81. The monoisotopic (exact) mass is 183 g/mol. The van der Waals surface area contributed by atoms with Crippen LogP contribution in [0.1, 0.15) is 0 Å². The number of aliphatic carboxylic acids is 1. The average Bonchev–Trinajstić information content (AvgIpc) is 1.80. The van der Waals surface area contributed by atoms with Gasteiger partial charge in [-0.15, -0.1) is 0 Å². The standard InChI is InChI=1S/C4H9NO5S/c1-11(9,10)5-2-3(6)4(7)8/h3,5-6H,2H2,1H3,(H,7,8). The summed E-state index contributed by atoms with van der Waals surface area (Å²) in [7, 11) is -3.43. The minimum atomic E-state index is -3.43. The van der Waals surface area contributed by atoms with Gasteiger partial charge in [-0.3, -0.25) is 0 Å². The van der Waals surface area contributed by atoms with Crippen LogP contribution in [0, 0.1) is 0 Å². The fraction of sp³-hybridized carbons (Fsp3) is 0.750. The third-order valence-electron chi connectivity index (χ3n) is 0.824. The summed E-state index contributed by atoms with van der Waals surface area (Å²) in [5.41, 5.74) is 0. The highest BCUT2D eigenvalue weighted by molar-refractivity contribution is 7.88. The third kappa shape index (κ3) is 5.77. The van der Waals surface area contributed by atoms with E-state index in [0.717, 1.165) is 6.26 Å². The van der Waals surface area contributed by atoms with Crippen LogP contribution in [0.5, 0.6) is 0 Å². The molecule has 0 aromatic carbocycles. The van der Waals surface area contributed by atoms with Gasteiger partial charge in [-0.25, -0.2) is 17.9 Å². The molecule has 0 amide bonds. The van der Waals surface area contributed by atoms with E-state index in [2.05, 4.69) is 0 Å². The summed E-state index contributed by atoms with van der Waals surface area (Å²) in [6.07, 6.45) is -0.814. The van der Waals surface area contributed by atoms with E-state index in [0.29, 0.717) is 0 Å². The van der Waals surface area contributed by atoms with E-state index in [9.17, 15) is 13.2 Å². The minimum Gasteiger partial charge on any atom is -0.479 e. The molecule has 3 N–H and O–H groups in total. The molecule has 66 valence electrons. The molecular formula is C4H9NO5S. The van der Waals surface area contributed by atoms with Gasteiger partial charge in [0.1, 0.15) is 0 Å². The van der Waals surface area contributed by atoms with Crippen LogP contribution in [0.15, 0.2) is 0 Å². The van der Waals surface area contributed by atoms with Crippen LogP contribution in [0.2, 0.25) is 0 Å². The molecule has 0 aliphatic rings. The van der Waals surface area contributed by atoms with Gasteiger partial charge >= 0.3 is 5.97 Å². The molecule has 7 heteroatoms. The molecule has 1 atom stereocenters. The van der Waals surface area contributed by atoms with Crippen LogP contribution < -0.4 is 4.72 Å². The van der Waals surface area contributed by atoms with E-state index in [1.54, 1.807) is 0 Å². The predicted molar refractivity (Wildman–Crippen MR) is 36.5 cm³/mol. The van der Waals surface area contributed by atoms with Gasteiger partial charge in [-0.05, 0) is 0 Å². The molecule has 0 aromatic rings. The van der Waals surface area contributed by atoms with E-state index in [1.807, 2.05) is 4.72 Å². The maximum atomic E-state index is 10.3. The van der Waals surface area contributed by atoms with Gasteiger partial charge in [0.05, 0.1) is 6.26 Å². The van der Waals surface area contributed by atoms with Crippen molar-refractivity contribution in [3.63, 3.8) is 0 Å². The zero-order valence-electron chi connectivity index (χ0n) is 5.81. The molecule has 0 aromatic heterocycles.